The Balaban J connectivity index is 1.90. The zero-order valence-electron chi connectivity index (χ0n) is 9.87. The van der Waals surface area contributed by atoms with Crippen LogP contribution in [0.25, 0.3) is 0 Å². The van der Waals surface area contributed by atoms with Crippen LogP contribution in [-0.4, -0.2) is 37.5 Å². The van der Waals surface area contributed by atoms with Crippen molar-refractivity contribution in [1.82, 2.24) is 5.32 Å². The van der Waals surface area contributed by atoms with Gasteiger partial charge in [-0.15, -0.1) is 0 Å². The minimum absolute atomic E-state index is 0.0538. The van der Waals surface area contributed by atoms with Crippen LogP contribution in [0, 0.1) is 5.92 Å². The summed E-state index contributed by atoms with van der Waals surface area (Å²) in [5.74, 6) is 0.667. The number of ether oxygens (including phenoxy) is 1. The summed E-state index contributed by atoms with van der Waals surface area (Å²) < 4.78 is 5.38. The van der Waals surface area contributed by atoms with E-state index in [4.69, 9.17) is 4.74 Å². The Morgan fingerprint density at radius 1 is 1.33 bits per heavy atom. The van der Waals surface area contributed by atoms with Crippen LogP contribution in [0.3, 0.4) is 0 Å². The van der Waals surface area contributed by atoms with Crippen molar-refractivity contribution in [2.24, 2.45) is 5.92 Å². The number of rotatable bonds is 7. The predicted molar refractivity (Wildman–Crippen MR) is 61.9 cm³/mol. The fourth-order valence-electron chi connectivity index (χ4n) is 2.14. The Labute approximate surface area is 93.2 Å². The second-order valence-corrected chi connectivity index (χ2v) is 4.50. The molecule has 1 saturated carbocycles. The molecule has 0 bridgehead atoms. The number of hydrogen-bond donors (Lipinski definition) is 2. The quantitative estimate of drug-likeness (QED) is 0.633. The highest BCUT2D eigenvalue weighted by Crippen LogP contribution is 2.23. The van der Waals surface area contributed by atoms with Gasteiger partial charge in [-0.2, -0.15) is 0 Å². The van der Waals surface area contributed by atoms with Gasteiger partial charge in [0.2, 0.25) is 0 Å². The molecule has 2 N–H and O–H groups in total. The fraction of sp³-hybridized carbons (Fsp3) is 1.00. The third-order valence-electron chi connectivity index (χ3n) is 2.96. The molecule has 0 aromatic carbocycles. The molecule has 0 aromatic rings. The first-order chi connectivity index (χ1) is 7.33. The molecule has 3 nitrogen and oxygen atoms in total. The fourth-order valence-corrected chi connectivity index (χ4v) is 2.14. The third-order valence-corrected chi connectivity index (χ3v) is 2.96. The Kier molecular flexibility index (Phi) is 6.98. The number of aliphatic hydroxyl groups excluding tert-OH is 1. The van der Waals surface area contributed by atoms with E-state index in [9.17, 15) is 5.11 Å². The third kappa shape index (κ3) is 6.13. The first-order valence-electron chi connectivity index (χ1n) is 6.29. The Bertz CT molecular complexity index is 153. The van der Waals surface area contributed by atoms with Crippen molar-refractivity contribution in [2.45, 2.75) is 45.1 Å². The highest BCUT2D eigenvalue weighted by molar-refractivity contribution is 4.73. The smallest absolute Gasteiger partial charge is 0.0590 e. The first-order valence-corrected chi connectivity index (χ1v) is 6.29. The normalized spacial score (nSPS) is 26.8. The molecule has 0 saturated heterocycles. The molecule has 1 fully saturated rings. The van der Waals surface area contributed by atoms with Gasteiger partial charge in [0.05, 0.1) is 12.7 Å². The lowest BCUT2D eigenvalue weighted by molar-refractivity contribution is 0.0979. The van der Waals surface area contributed by atoms with Gasteiger partial charge in [0, 0.05) is 13.2 Å². The molecule has 0 amide bonds. The van der Waals surface area contributed by atoms with Crippen LogP contribution in [0.1, 0.15) is 39.0 Å². The maximum atomic E-state index is 9.50. The largest absolute Gasteiger partial charge is 0.393 e. The summed E-state index contributed by atoms with van der Waals surface area (Å²) in [5.41, 5.74) is 0. The van der Waals surface area contributed by atoms with E-state index in [1.807, 2.05) is 0 Å². The highest BCUT2D eigenvalue weighted by Gasteiger charge is 2.19. The molecular formula is C12H25NO2. The zero-order valence-corrected chi connectivity index (χ0v) is 9.87. The van der Waals surface area contributed by atoms with E-state index < -0.39 is 0 Å². The highest BCUT2D eigenvalue weighted by atomic mass is 16.5. The molecule has 15 heavy (non-hydrogen) atoms. The molecule has 1 aliphatic carbocycles. The number of nitrogens with one attached hydrogen (secondary N) is 1. The molecule has 0 spiro atoms. The lowest BCUT2D eigenvalue weighted by Crippen LogP contribution is -2.31. The summed E-state index contributed by atoms with van der Waals surface area (Å²) in [4.78, 5) is 0. The standard InChI is InChI=1S/C12H25NO2/c1-2-7-15-8-6-13-10-11-4-3-5-12(14)9-11/h11-14H,2-10H2,1H3. The zero-order chi connectivity index (χ0) is 10.9. The van der Waals surface area contributed by atoms with Gasteiger partial charge in [-0.05, 0) is 38.1 Å². The van der Waals surface area contributed by atoms with Gasteiger partial charge >= 0.3 is 0 Å². The van der Waals surface area contributed by atoms with E-state index >= 15 is 0 Å². The van der Waals surface area contributed by atoms with Crippen molar-refractivity contribution in [3.05, 3.63) is 0 Å². The Morgan fingerprint density at radius 3 is 2.93 bits per heavy atom. The Morgan fingerprint density at radius 2 is 2.20 bits per heavy atom. The van der Waals surface area contributed by atoms with Crippen molar-refractivity contribution in [3.8, 4) is 0 Å². The second-order valence-electron chi connectivity index (χ2n) is 4.50. The first kappa shape index (κ1) is 12.9. The van der Waals surface area contributed by atoms with Gasteiger partial charge in [-0.3, -0.25) is 0 Å². The lowest BCUT2D eigenvalue weighted by Gasteiger charge is -2.25. The average molecular weight is 215 g/mol. The molecule has 90 valence electrons. The van der Waals surface area contributed by atoms with Gasteiger partial charge in [0.15, 0.2) is 0 Å². The van der Waals surface area contributed by atoms with Crippen molar-refractivity contribution < 1.29 is 9.84 Å². The summed E-state index contributed by atoms with van der Waals surface area (Å²) in [6.45, 7) is 5.77. The van der Waals surface area contributed by atoms with E-state index in [2.05, 4.69) is 12.2 Å². The van der Waals surface area contributed by atoms with E-state index in [1.165, 1.54) is 12.8 Å². The molecule has 3 heteroatoms. The van der Waals surface area contributed by atoms with Crippen molar-refractivity contribution in [3.63, 3.8) is 0 Å². The van der Waals surface area contributed by atoms with Crippen LogP contribution in [0.5, 0.6) is 0 Å². The van der Waals surface area contributed by atoms with Crippen LogP contribution in [0.4, 0.5) is 0 Å². The molecule has 2 unspecified atom stereocenters. The van der Waals surface area contributed by atoms with E-state index in [1.54, 1.807) is 0 Å². The van der Waals surface area contributed by atoms with E-state index in [0.717, 1.165) is 45.6 Å². The molecule has 0 heterocycles. The van der Waals surface area contributed by atoms with Gasteiger partial charge in [0.1, 0.15) is 0 Å². The molecule has 0 aliphatic heterocycles. The topological polar surface area (TPSA) is 41.5 Å². The molecule has 1 rings (SSSR count). The van der Waals surface area contributed by atoms with Crippen molar-refractivity contribution in [1.29, 1.82) is 0 Å². The van der Waals surface area contributed by atoms with Gasteiger partial charge < -0.3 is 15.2 Å². The second kappa shape index (κ2) is 8.08. The van der Waals surface area contributed by atoms with Crippen molar-refractivity contribution >= 4 is 0 Å². The maximum absolute atomic E-state index is 9.50. The van der Waals surface area contributed by atoms with Gasteiger partial charge in [-0.25, -0.2) is 0 Å². The van der Waals surface area contributed by atoms with E-state index in [-0.39, 0.29) is 6.10 Å². The summed E-state index contributed by atoms with van der Waals surface area (Å²) in [6.07, 6.45) is 5.45. The summed E-state index contributed by atoms with van der Waals surface area (Å²) >= 11 is 0. The van der Waals surface area contributed by atoms with Crippen LogP contribution < -0.4 is 5.32 Å². The minimum atomic E-state index is -0.0538. The number of aliphatic hydroxyl groups is 1. The van der Waals surface area contributed by atoms with Gasteiger partial charge in [-0.1, -0.05) is 13.3 Å². The van der Waals surface area contributed by atoms with Crippen LogP contribution >= 0.6 is 0 Å². The summed E-state index contributed by atoms with van der Waals surface area (Å²) in [5, 5.41) is 12.9. The van der Waals surface area contributed by atoms with Gasteiger partial charge in [0.25, 0.3) is 0 Å². The van der Waals surface area contributed by atoms with Crippen LogP contribution in [0.15, 0.2) is 0 Å². The van der Waals surface area contributed by atoms with Crippen LogP contribution in [0.2, 0.25) is 0 Å². The van der Waals surface area contributed by atoms with Crippen LogP contribution in [-0.2, 0) is 4.74 Å². The molecule has 0 aromatic heterocycles. The average Bonchev–Trinajstić information content (AvgIpc) is 2.23. The molecule has 0 radical (unpaired) electrons. The summed E-state index contributed by atoms with van der Waals surface area (Å²) in [6, 6.07) is 0. The predicted octanol–water partition coefficient (Wildman–Crippen LogP) is 1.55. The van der Waals surface area contributed by atoms with E-state index in [0.29, 0.717) is 5.92 Å². The Hall–Kier alpha value is -0.120. The SMILES string of the molecule is CCCOCCNCC1CCCC(O)C1. The molecule has 1 aliphatic rings. The lowest BCUT2D eigenvalue weighted by atomic mass is 9.87. The molecular weight excluding hydrogens is 190 g/mol. The van der Waals surface area contributed by atoms with Crippen molar-refractivity contribution in [2.75, 3.05) is 26.3 Å². The molecule has 2 atom stereocenters. The summed E-state index contributed by atoms with van der Waals surface area (Å²) in [7, 11) is 0. The maximum Gasteiger partial charge on any atom is 0.0590 e. The monoisotopic (exact) mass is 215 g/mol. The minimum Gasteiger partial charge on any atom is -0.393 e. The number of hydrogen-bond acceptors (Lipinski definition) is 3.